The van der Waals surface area contributed by atoms with Gasteiger partial charge in [-0.1, -0.05) is 77.8 Å². The molecular weight excluding hydrogens is 751 g/mol. The molecule has 3 aliphatic heterocycles. The standard InChI is InChI=1S/C46H60F2N6O3Si/c1-29(2)58(30(3)4,31(5)6)23-19-33-15-11-14-32-16-12-17-36(38(32)33)40-39(48)41-37(25-49-40)42(52(10)35-18-22-53(27-35)44(55)57-45(7,8)9)51-43(50-41)56-28-46-20-13-21-54(46)26-34(47)24-46/h11-12,14-17,25,29-31,34-35H,13,18,20-22,24,26-28H2,1-10H3/t34-,35-,46+/m1/s1. The monoisotopic (exact) mass is 810 g/mol. The molecule has 0 unspecified atom stereocenters. The molecule has 5 heterocycles. The Bertz CT molecular complexity index is 2220. The van der Waals surface area contributed by atoms with Gasteiger partial charge in [-0.25, -0.2) is 13.6 Å². The van der Waals surface area contributed by atoms with Crippen LogP contribution in [-0.2, 0) is 4.74 Å². The van der Waals surface area contributed by atoms with Crippen molar-refractivity contribution in [3.8, 4) is 28.7 Å². The third kappa shape index (κ3) is 7.76. The van der Waals surface area contributed by atoms with Crippen LogP contribution in [-0.4, -0.2) is 102 Å². The number of hydrogen-bond acceptors (Lipinski definition) is 8. The first kappa shape index (κ1) is 41.8. The number of carbonyl (C=O) groups is 1. The number of benzene rings is 2. The zero-order valence-corrected chi connectivity index (χ0v) is 37.0. The first-order valence-corrected chi connectivity index (χ1v) is 23.3. The fourth-order valence-electron chi connectivity index (χ4n) is 10.2. The van der Waals surface area contributed by atoms with Crippen molar-refractivity contribution in [1.82, 2.24) is 24.8 Å². The number of nitrogens with zero attached hydrogens (tertiary/aromatic N) is 6. The van der Waals surface area contributed by atoms with Gasteiger partial charge in [0.1, 0.15) is 43.5 Å². The summed E-state index contributed by atoms with van der Waals surface area (Å²) in [6.45, 7) is 21.7. The minimum atomic E-state index is -2.07. The van der Waals surface area contributed by atoms with E-state index in [9.17, 15) is 9.18 Å². The number of likely N-dealkylation sites (tertiary alicyclic amines) is 1. The normalized spacial score (nSPS) is 21.3. The predicted octanol–water partition coefficient (Wildman–Crippen LogP) is 9.95. The van der Waals surface area contributed by atoms with Gasteiger partial charge >= 0.3 is 12.1 Å². The predicted molar refractivity (Wildman–Crippen MR) is 231 cm³/mol. The highest BCUT2D eigenvalue weighted by molar-refractivity contribution is 6.90. The van der Waals surface area contributed by atoms with Crippen molar-refractivity contribution in [1.29, 1.82) is 0 Å². The zero-order valence-electron chi connectivity index (χ0n) is 36.0. The Hall–Kier alpha value is -4.34. The second-order valence-electron chi connectivity index (χ2n) is 18.7. The molecular formula is C46H60F2N6O3Si. The van der Waals surface area contributed by atoms with E-state index in [0.29, 0.717) is 65.9 Å². The average molecular weight is 811 g/mol. The Labute approximate surface area is 343 Å². The van der Waals surface area contributed by atoms with Crippen LogP contribution >= 0.6 is 0 Å². The molecule has 4 aromatic rings. The topological polar surface area (TPSA) is 83.9 Å². The second kappa shape index (κ2) is 16.0. The number of fused-ring (bicyclic) bond motifs is 3. The summed E-state index contributed by atoms with van der Waals surface area (Å²) in [7, 11) is -0.171. The summed E-state index contributed by atoms with van der Waals surface area (Å²) in [6.07, 6.45) is 3.20. The summed E-state index contributed by atoms with van der Waals surface area (Å²) >= 11 is 0. The number of anilines is 1. The number of pyridine rings is 1. The van der Waals surface area contributed by atoms with E-state index in [1.54, 1.807) is 11.1 Å². The first-order valence-electron chi connectivity index (χ1n) is 21.1. The molecule has 3 saturated heterocycles. The summed E-state index contributed by atoms with van der Waals surface area (Å²) < 4.78 is 44.2. The summed E-state index contributed by atoms with van der Waals surface area (Å²) in [5.41, 5.74) is 5.93. The highest BCUT2D eigenvalue weighted by Gasteiger charge is 2.49. The molecule has 0 bridgehead atoms. The van der Waals surface area contributed by atoms with Gasteiger partial charge < -0.3 is 19.3 Å². The lowest BCUT2D eigenvalue weighted by Crippen LogP contribution is -2.43. The molecule has 2 aromatic carbocycles. The van der Waals surface area contributed by atoms with Gasteiger partial charge in [0.2, 0.25) is 0 Å². The lowest BCUT2D eigenvalue weighted by atomic mass is 9.95. The maximum Gasteiger partial charge on any atom is 0.410 e. The van der Waals surface area contributed by atoms with Crippen LogP contribution in [0.5, 0.6) is 6.01 Å². The largest absolute Gasteiger partial charge is 0.461 e. The number of hydrogen-bond donors (Lipinski definition) is 0. The van der Waals surface area contributed by atoms with Crippen molar-refractivity contribution >= 4 is 41.7 Å². The van der Waals surface area contributed by atoms with Gasteiger partial charge in [0, 0.05) is 61.9 Å². The highest BCUT2D eigenvalue weighted by atomic mass is 28.3. The number of rotatable bonds is 9. The molecule has 12 heteroatoms. The van der Waals surface area contributed by atoms with Crippen LogP contribution in [0.4, 0.5) is 19.4 Å². The lowest BCUT2D eigenvalue weighted by Gasteiger charge is -2.38. The molecule has 3 aliphatic rings. The average Bonchev–Trinajstić information content (AvgIpc) is 3.88. The van der Waals surface area contributed by atoms with Gasteiger partial charge in [0.15, 0.2) is 5.82 Å². The zero-order chi connectivity index (χ0) is 41.7. The minimum Gasteiger partial charge on any atom is -0.461 e. The SMILES string of the molecule is CC(C)[Si](C#Cc1cccc2cccc(-c3ncc4c(N(C)[C@@H]5CCN(C(=O)OC(C)(C)C)C5)nc(OC[C@@]56CCCN5C[C@H](F)C6)nc4c3F)c12)(C(C)C)C(C)C. The number of alkyl halides is 1. The van der Waals surface area contributed by atoms with E-state index in [-0.39, 0.29) is 36.0 Å². The van der Waals surface area contributed by atoms with E-state index >= 15 is 4.39 Å². The maximum absolute atomic E-state index is 17.5. The van der Waals surface area contributed by atoms with Crippen LogP contribution in [0.3, 0.4) is 0 Å². The number of likely N-dealkylation sites (N-methyl/N-ethyl adjacent to an activating group) is 1. The Morgan fingerprint density at radius 2 is 1.74 bits per heavy atom. The molecule has 2 aromatic heterocycles. The molecule has 7 rings (SSSR count). The number of carbonyl (C=O) groups excluding carboxylic acids is 1. The lowest BCUT2D eigenvalue weighted by molar-refractivity contribution is 0.0292. The Morgan fingerprint density at radius 1 is 1.03 bits per heavy atom. The van der Waals surface area contributed by atoms with Gasteiger partial charge in [0.05, 0.1) is 10.9 Å². The second-order valence-corrected chi connectivity index (χ2v) is 24.3. The van der Waals surface area contributed by atoms with Crippen molar-refractivity contribution < 1.29 is 23.0 Å². The van der Waals surface area contributed by atoms with E-state index in [2.05, 4.69) is 57.9 Å². The van der Waals surface area contributed by atoms with Gasteiger partial charge in [-0.05, 0) is 74.7 Å². The van der Waals surface area contributed by atoms with Crippen LogP contribution in [0.2, 0.25) is 16.6 Å². The van der Waals surface area contributed by atoms with Gasteiger partial charge in [0.25, 0.3) is 0 Å². The van der Waals surface area contributed by atoms with Gasteiger partial charge in [-0.3, -0.25) is 9.88 Å². The maximum atomic E-state index is 17.5. The van der Waals surface area contributed by atoms with E-state index in [0.717, 1.165) is 35.7 Å². The van der Waals surface area contributed by atoms with Gasteiger partial charge in [-0.2, -0.15) is 9.97 Å². The van der Waals surface area contributed by atoms with Crippen molar-refractivity contribution in [3.05, 3.63) is 54.0 Å². The summed E-state index contributed by atoms with van der Waals surface area (Å²) in [5.74, 6) is 3.50. The summed E-state index contributed by atoms with van der Waals surface area (Å²) in [4.78, 5) is 33.3. The fourth-order valence-corrected chi connectivity index (χ4v) is 15.4. The number of aromatic nitrogens is 3. The number of halogens is 2. The molecule has 3 fully saturated rings. The van der Waals surface area contributed by atoms with E-state index < -0.39 is 31.2 Å². The molecule has 310 valence electrons. The van der Waals surface area contributed by atoms with Gasteiger partial charge in [-0.15, -0.1) is 5.54 Å². The van der Waals surface area contributed by atoms with E-state index in [1.165, 1.54) is 0 Å². The number of amides is 1. The van der Waals surface area contributed by atoms with E-state index in [4.69, 9.17) is 24.4 Å². The third-order valence-electron chi connectivity index (χ3n) is 13.0. The molecule has 3 atom stereocenters. The molecule has 0 N–H and O–H groups in total. The van der Waals surface area contributed by atoms with Crippen molar-refractivity contribution in [2.75, 3.05) is 44.7 Å². The fraction of sp³-hybridized carbons (Fsp3) is 0.565. The Morgan fingerprint density at radius 3 is 2.43 bits per heavy atom. The molecule has 0 aliphatic carbocycles. The Balaban J connectivity index is 1.33. The van der Waals surface area contributed by atoms with Crippen molar-refractivity contribution in [2.45, 2.75) is 128 Å². The molecule has 9 nitrogen and oxygen atoms in total. The van der Waals surface area contributed by atoms with E-state index in [1.807, 2.05) is 69.1 Å². The number of ether oxygens (including phenoxy) is 2. The molecule has 0 saturated carbocycles. The minimum absolute atomic E-state index is 0.0257. The summed E-state index contributed by atoms with van der Waals surface area (Å²) in [5, 5.41) is 2.22. The molecule has 1 amide bonds. The Kier molecular flexibility index (Phi) is 11.5. The van der Waals surface area contributed by atoms with Crippen LogP contribution < -0.4 is 9.64 Å². The smallest absolute Gasteiger partial charge is 0.410 e. The van der Waals surface area contributed by atoms with Crippen molar-refractivity contribution in [3.63, 3.8) is 0 Å². The van der Waals surface area contributed by atoms with Crippen LogP contribution in [0.15, 0.2) is 42.6 Å². The quantitative estimate of drug-likeness (QED) is 0.122. The highest BCUT2D eigenvalue weighted by Crippen LogP contribution is 2.43. The van der Waals surface area contributed by atoms with Crippen molar-refractivity contribution in [2.24, 2.45) is 0 Å². The molecule has 58 heavy (non-hydrogen) atoms. The molecule has 0 radical (unpaired) electrons. The first-order chi connectivity index (χ1) is 27.4. The van der Waals surface area contributed by atoms with Crippen LogP contribution in [0, 0.1) is 17.3 Å². The molecule has 0 spiro atoms. The van der Waals surface area contributed by atoms with Crippen LogP contribution in [0.25, 0.3) is 32.9 Å². The van der Waals surface area contributed by atoms with Crippen LogP contribution in [0.1, 0.15) is 93.6 Å². The summed E-state index contributed by atoms with van der Waals surface area (Å²) in [6, 6.07) is 11.8. The third-order valence-corrected chi connectivity index (χ3v) is 19.3.